The second-order valence-corrected chi connectivity index (χ2v) is 9.05. The molecule has 2 N–H and O–H groups in total. The maximum absolute atomic E-state index is 12.4. The van der Waals surface area contributed by atoms with Gasteiger partial charge < -0.3 is 4.74 Å². The molecule has 146 valence electrons. The molecule has 0 aliphatic rings. The predicted molar refractivity (Wildman–Crippen MR) is 111 cm³/mol. The molecule has 0 fully saturated rings. The summed E-state index contributed by atoms with van der Waals surface area (Å²) in [5, 5.41) is 6.24. The molecule has 3 aromatic rings. The average molecular weight is 484 g/mol. The van der Waals surface area contributed by atoms with Gasteiger partial charge in [-0.3, -0.25) is 0 Å². The first kappa shape index (κ1) is 20.7. The fraction of sp³-hybridized carbons (Fsp3) is 0.158. The first-order valence-corrected chi connectivity index (χ1v) is 10.8. The molecule has 1 heterocycles. The smallest absolute Gasteiger partial charge is 0.339 e. The molecule has 0 unspecified atom stereocenters. The number of hydrogen-bond donors (Lipinski definition) is 1. The van der Waals surface area contributed by atoms with Crippen molar-refractivity contribution >= 4 is 54.4 Å². The number of carbonyl (C=O) groups is 1. The monoisotopic (exact) mass is 482 g/mol. The molecule has 2 aromatic carbocycles. The average Bonchev–Trinajstić information content (AvgIpc) is 2.63. The summed E-state index contributed by atoms with van der Waals surface area (Å²) in [5.41, 5.74) is 3.53. The van der Waals surface area contributed by atoms with Crippen LogP contribution in [0.2, 0.25) is 5.15 Å². The molecule has 6 nitrogen and oxygen atoms in total. The largest absolute Gasteiger partial charge is 0.457 e. The zero-order chi connectivity index (χ0) is 20.6. The third-order valence-electron chi connectivity index (χ3n) is 4.38. The second-order valence-electron chi connectivity index (χ2n) is 6.28. The fourth-order valence-corrected chi connectivity index (χ4v) is 3.81. The van der Waals surface area contributed by atoms with E-state index in [2.05, 4.69) is 20.9 Å². The van der Waals surface area contributed by atoms with Crippen LogP contribution in [0.1, 0.15) is 27.0 Å². The van der Waals surface area contributed by atoms with Crippen LogP contribution < -0.4 is 5.14 Å². The van der Waals surface area contributed by atoms with Crippen LogP contribution in [0.4, 0.5) is 0 Å². The van der Waals surface area contributed by atoms with Crippen molar-refractivity contribution in [2.75, 3.05) is 0 Å². The molecule has 0 spiro atoms. The van der Waals surface area contributed by atoms with Crippen molar-refractivity contribution in [3.63, 3.8) is 0 Å². The van der Waals surface area contributed by atoms with Crippen molar-refractivity contribution in [3.05, 3.63) is 68.3 Å². The van der Waals surface area contributed by atoms with Gasteiger partial charge in [-0.2, -0.15) is 0 Å². The van der Waals surface area contributed by atoms with Gasteiger partial charge in [-0.1, -0.05) is 23.7 Å². The van der Waals surface area contributed by atoms with Crippen LogP contribution in [-0.2, 0) is 21.4 Å². The van der Waals surface area contributed by atoms with Crippen LogP contribution in [0, 0.1) is 13.8 Å². The van der Waals surface area contributed by atoms with Gasteiger partial charge in [0.2, 0.25) is 10.0 Å². The third kappa shape index (κ3) is 4.20. The van der Waals surface area contributed by atoms with Gasteiger partial charge in [0.25, 0.3) is 0 Å². The Balaban J connectivity index is 1.87. The van der Waals surface area contributed by atoms with Crippen LogP contribution >= 0.6 is 27.5 Å². The van der Waals surface area contributed by atoms with Gasteiger partial charge in [-0.15, -0.1) is 0 Å². The zero-order valence-electron chi connectivity index (χ0n) is 15.0. The van der Waals surface area contributed by atoms with Crippen LogP contribution in [0.5, 0.6) is 0 Å². The SMILES string of the molecule is Cc1ccc2cc(COC(=O)c3cc(S(N)(=O)=O)ccc3Br)c(Cl)nc2c1C. The number of rotatable bonds is 4. The number of aryl methyl sites for hydroxylation is 2. The highest BCUT2D eigenvalue weighted by molar-refractivity contribution is 9.10. The van der Waals surface area contributed by atoms with Gasteiger partial charge >= 0.3 is 5.97 Å². The number of carbonyl (C=O) groups excluding carboxylic acids is 1. The summed E-state index contributed by atoms with van der Waals surface area (Å²) in [4.78, 5) is 16.7. The highest BCUT2D eigenvalue weighted by Gasteiger charge is 2.18. The van der Waals surface area contributed by atoms with Crippen LogP contribution in [0.25, 0.3) is 10.9 Å². The second kappa shape index (κ2) is 7.79. The number of nitrogens with two attached hydrogens (primary N) is 1. The third-order valence-corrected chi connectivity index (χ3v) is 6.31. The Kier molecular flexibility index (Phi) is 5.77. The summed E-state index contributed by atoms with van der Waals surface area (Å²) in [5.74, 6) is -0.714. The van der Waals surface area contributed by atoms with Crippen molar-refractivity contribution < 1.29 is 17.9 Å². The number of sulfonamides is 1. The molecule has 0 aliphatic heterocycles. The van der Waals surface area contributed by atoms with E-state index in [1.807, 2.05) is 32.0 Å². The molecule has 28 heavy (non-hydrogen) atoms. The van der Waals surface area contributed by atoms with E-state index in [9.17, 15) is 13.2 Å². The Bertz CT molecular complexity index is 1210. The number of primary sulfonamides is 1. The van der Waals surface area contributed by atoms with Gasteiger partial charge in [0.05, 0.1) is 16.0 Å². The Hall–Kier alpha value is -2.00. The maximum Gasteiger partial charge on any atom is 0.339 e. The van der Waals surface area contributed by atoms with Crippen molar-refractivity contribution in [2.45, 2.75) is 25.3 Å². The lowest BCUT2D eigenvalue weighted by atomic mass is 10.0. The topological polar surface area (TPSA) is 99.4 Å². The summed E-state index contributed by atoms with van der Waals surface area (Å²) >= 11 is 9.48. The van der Waals surface area contributed by atoms with Gasteiger partial charge in [-0.05, 0) is 65.2 Å². The lowest BCUT2D eigenvalue weighted by molar-refractivity contribution is 0.0471. The zero-order valence-corrected chi connectivity index (χ0v) is 18.2. The first-order valence-electron chi connectivity index (χ1n) is 8.12. The molecule has 0 saturated carbocycles. The first-order chi connectivity index (χ1) is 13.1. The minimum absolute atomic E-state index is 0.0443. The Morgan fingerprint density at radius 2 is 1.93 bits per heavy atom. The molecule has 0 bridgehead atoms. The van der Waals surface area contributed by atoms with Gasteiger partial charge in [0.1, 0.15) is 11.8 Å². The number of pyridine rings is 1. The summed E-state index contributed by atoms with van der Waals surface area (Å²) in [6.45, 7) is 3.85. The lowest BCUT2D eigenvalue weighted by Gasteiger charge is -2.11. The summed E-state index contributed by atoms with van der Waals surface area (Å²) in [7, 11) is -3.94. The van der Waals surface area contributed by atoms with Crippen molar-refractivity contribution in [1.82, 2.24) is 4.98 Å². The number of esters is 1. The molecule has 9 heteroatoms. The number of halogens is 2. The lowest BCUT2D eigenvalue weighted by Crippen LogP contribution is -2.14. The van der Waals surface area contributed by atoms with E-state index >= 15 is 0 Å². The Morgan fingerprint density at radius 3 is 2.61 bits per heavy atom. The standard InChI is InChI=1S/C19H16BrClN2O4S/c1-10-3-4-12-7-13(18(21)23-17(12)11(10)2)9-27-19(24)15-8-14(28(22,25)26)5-6-16(15)20/h3-8H,9H2,1-2H3,(H2,22,25,26). The van der Waals surface area contributed by atoms with E-state index in [1.165, 1.54) is 12.1 Å². The number of benzene rings is 2. The number of fused-ring (bicyclic) bond motifs is 1. The Morgan fingerprint density at radius 1 is 1.21 bits per heavy atom. The van der Waals surface area contributed by atoms with E-state index < -0.39 is 16.0 Å². The van der Waals surface area contributed by atoms with Crippen LogP contribution in [0.3, 0.4) is 0 Å². The maximum atomic E-state index is 12.4. The van der Waals surface area contributed by atoms with Gasteiger partial charge in [0, 0.05) is 15.4 Å². The molecule has 3 rings (SSSR count). The Labute approximate surface area is 175 Å². The molecule has 0 atom stereocenters. The number of aromatic nitrogens is 1. The predicted octanol–water partition coefficient (Wildman–Crippen LogP) is 4.27. The van der Waals surface area contributed by atoms with Gasteiger partial charge in [-0.25, -0.2) is 23.3 Å². The quantitative estimate of drug-likeness (QED) is 0.441. The van der Waals surface area contributed by atoms with E-state index in [1.54, 1.807) is 0 Å². The molecule has 1 aromatic heterocycles. The number of ether oxygens (including phenoxy) is 1. The molecular weight excluding hydrogens is 468 g/mol. The van der Waals surface area contributed by atoms with Crippen molar-refractivity contribution in [3.8, 4) is 0 Å². The molecule has 0 radical (unpaired) electrons. The molecule has 0 aliphatic carbocycles. The molecule has 0 saturated heterocycles. The minimum Gasteiger partial charge on any atom is -0.457 e. The molecule has 0 amide bonds. The number of nitrogens with zero attached hydrogens (tertiary/aromatic N) is 1. The van der Waals surface area contributed by atoms with Crippen molar-refractivity contribution in [1.29, 1.82) is 0 Å². The van der Waals surface area contributed by atoms with E-state index in [4.69, 9.17) is 21.5 Å². The minimum atomic E-state index is -3.94. The van der Waals surface area contributed by atoms with Crippen LogP contribution in [0.15, 0.2) is 45.8 Å². The van der Waals surface area contributed by atoms with E-state index in [0.717, 1.165) is 28.1 Å². The summed E-state index contributed by atoms with van der Waals surface area (Å²) in [6.07, 6.45) is 0. The van der Waals surface area contributed by atoms with E-state index in [-0.39, 0.29) is 22.2 Å². The number of hydrogen-bond acceptors (Lipinski definition) is 5. The molecular formula is C19H16BrClN2O4S. The van der Waals surface area contributed by atoms with E-state index in [0.29, 0.717) is 10.0 Å². The highest BCUT2D eigenvalue weighted by Crippen LogP contribution is 2.26. The fourth-order valence-electron chi connectivity index (χ4n) is 2.66. The van der Waals surface area contributed by atoms with Crippen molar-refractivity contribution in [2.24, 2.45) is 5.14 Å². The van der Waals surface area contributed by atoms with Gasteiger partial charge in [0.15, 0.2) is 0 Å². The normalized spacial score (nSPS) is 11.6. The summed E-state index contributed by atoms with van der Waals surface area (Å²) < 4.78 is 28.7. The summed E-state index contributed by atoms with van der Waals surface area (Å²) in [6, 6.07) is 9.61. The highest BCUT2D eigenvalue weighted by atomic mass is 79.9. The van der Waals surface area contributed by atoms with Crippen LogP contribution in [-0.4, -0.2) is 19.4 Å².